The first kappa shape index (κ1) is 42.2. The first-order chi connectivity index (χ1) is 37.7. The summed E-state index contributed by atoms with van der Waals surface area (Å²) >= 11 is 0. The molecule has 16 aromatic rings. The molecular formula is C70H44N6. The molecule has 11 aromatic carbocycles. The lowest BCUT2D eigenvalue weighted by Crippen LogP contribution is -1.98. The van der Waals surface area contributed by atoms with E-state index in [2.05, 4.69) is 267 Å². The minimum Gasteiger partial charge on any atom is -0.309 e. The molecule has 6 heteroatoms. The Kier molecular flexibility index (Phi) is 9.23. The van der Waals surface area contributed by atoms with Gasteiger partial charge in [0.05, 0.1) is 55.5 Å². The van der Waals surface area contributed by atoms with E-state index in [4.69, 9.17) is 9.97 Å². The zero-order valence-electron chi connectivity index (χ0n) is 41.1. The van der Waals surface area contributed by atoms with E-state index in [0.717, 1.165) is 72.9 Å². The molecule has 0 spiro atoms. The van der Waals surface area contributed by atoms with E-state index in [1.807, 2.05) is 18.2 Å². The molecule has 354 valence electrons. The van der Waals surface area contributed by atoms with Gasteiger partial charge in [-0.2, -0.15) is 0 Å². The number of fused-ring (bicyclic) bond motifs is 12. The fourth-order valence-electron chi connectivity index (χ4n) is 12.2. The summed E-state index contributed by atoms with van der Waals surface area (Å²) in [6.45, 7) is 0. The van der Waals surface area contributed by atoms with Crippen molar-refractivity contribution >= 4 is 87.2 Å². The van der Waals surface area contributed by atoms with Crippen molar-refractivity contribution in [2.75, 3.05) is 0 Å². The highest BCUT2D eigenvalue weighted by Crippen LogP contribution is 2.40. The highest BCUT2D eigenvalue weighted by Gasteiger charge is 2.20. The minimum absolute atomic E-state index is 0.684. The number of aromatic nitrogens is 6. The average Bonchev–Trinajstić information content (AvgIpc) is 4.24. The number of rotatable bonds is 7. The minimum atomic E-state index is 0.684. The number of para-hydroxylation sites is 6. The molecule has 76 heavy (non-hydrogen) atoms. The maximum atomic E-state index is 5.23. The van der Waals surface area contributed by atoms with Crippen LogP contribution in [0.25, 0.3) is 144 Å². The third kappa shape index (κ3) is 6.41. The van der Waals surface area contributed by atoms with Crippen LogP contribution in [0.5, 0.6) is 0 Å². The Morgan fingerprint density at radius 2 is 0.474 bits per heavy atom. The van der Waals surface area contributed by atoms with Gasteiger partial charge in [0.25, 0.3) is 0 Å². The van der Waals surface area contributed by atoms with Crippen LogP contribution in [-0.4, -0.2) is 28.2 Å². The summed E-state index contributed by atoms with van der Waals surface area (Å²) in [5.74, 6) is 0.684. The van der Waals surface area contributed by atoms with Gasteiger partial charge in [-0.05, 0) is 103 Å². The molecule has 0 N–H and O–H groups in total. The molecule has 0 aliphatic heterocycles. The summed E-state index contributed by atoms with van der Waals surface area (Å²) < 4.78 is 9.56. The lowest BCUT2D eigenvalue weighted by Gasteiger charge is -2.13. The van der Waals surface area contributed by atoms with E-state index < -0.39 is 0 Å². The predicted molar refractivity (Wildman–Crippen MR) is 316 cm³/mol. The van der Waals surface area contributed by atoms with Gasteiger partial charge in [0.2, 0.25) is 0 Å². The van der Waals surface area contributed by atoms with Crippen molar-refractivity contribution in [2.24, 2.45) is 0 Å². The molecule has 0 saturated heterocycles. The van der Waals surface area contributed by atoms with Crippen molar-refractivity contribution in [3.8, 4) is 56.7 Å². The van der Waals surface area contributed by atoms with Crippen molar-refractivity contribution in [3.05, 3.63) is 267 Å². The summed E-state index contributed by atoms with van der Waals surface area (Å²) in [5, 5.41) is 9.87. The molecular weight excluding hydrogens is 925 g/mol. The van der Waals surface area contributed by atoms with Crippen molar-refractivity contribution < 1.29 is 0 Å². The fourth-order valence-corrected chi connectivity index (χ4v) is 12.2. The van der Waals surface area contributed by atoms with Gasteiger partial charge >= 0.3 is 0 Å². The third-order valence-electron chi connectivity index (χ3n) is 15.6. The summed E-state index contributed by atoms with van der Waals surface area (Å²) in [6, 6.07) is 96.1. The zero-order chi connectivity index (χ0) is 49.8. The van der Waals surface area contributed by atoms with Crippen molar-refractivity contribution in [1.82, 2.24) is 28.2 Å². The van der Waals surface area contributed by atoms with Gasteiger partial charge in [0.15, 0.2) is 5.82 Å². The van der Waals surface area contributed by atoms with Gasteiger partial charge in [-0.15, -0.1) is 0 Å². The Labute approximate surface area is 436 Å². The van der Waals surface area contributed by atoms with Gasteiger partial charge in [-0.25, -0.2) is 9.97 Å². The summed E-state index contributed by atoms with van der Waals surface area (Å²) in [6.07, 6.45) is 0. The van der Waals surface area contributed by atoms with Gasteiger partial charge in [0, 0.05) is 82.5 Å². The Morgan fingerprint density at radius 3 is 0.829 bits per heavy atom. The Morgan fingerprint density at radius 1 is 0.197 bits per heavy atom. The summed E-state index contributed by atoms with van der Waals surface area (Å²) in [7, 11) is 0. The number of nitrogens with zero attached hydrogens (tertiary/aromatic N) is 6. The van der Waals surface area contributed by atoms with E-state index in [1.165, 1.54) is 65.2 Å². The lowest BCUT2D eigenvalue weighted by molar-refractivity contribution is 1.16. The van der Waals surface area contributed by atoms with Gasteiger partial charge < -0.3 is 18.3 Å². The van der Waals surface area contributed by atoms with Gasteiger partial charge in [-0.1, -0.05) is 164 Å². The SMILES string of the molecule is c1ccc(-c2nc(-c3ccc(-n4c5ccccc5c5cc(-n6c7ccccc7c7ccccc76)ccc54)cc3)cc(-c3ccc(-n4c5ccccc5c5cc(-n6c7ccccc7c7ccccc76)ccc54)cc3)n2)cc1. The molecule has 0 amide bonds. The summed E-state index contributed by atoms with van der Waals surface area (Å²) in [5.41, 5.74) is 18.6. The smallest absolute Gasteiger partial charge is 0.160 e. The molecule has 0 saturated carbocycles. The quantitative estimate of drug-likeness (QED) is 0.160. The Balaban J connectivity index is 0.774. The van der Waals surface area contributed by atoms with Gasteiger partial charge in [0.1, 0.15) is 0 Å². The zero-order valence-corrected chi connectivity index (χ0v) is 41.1. The molecule has 16 rings (SSSR count). The maximum absolute atomic E-state index is 5.23. The molecule has 0 bridgehead atoms. The van der Waals surface area contributed by atoms with E-state index in [9.17, 15) is 0 Å². The number of benzene rings is 11. The second-order valence-electron chi connectivity index (χ2n) is 19.8. The molecule has 5 heterocycles. The largest absolute Gasteiger partial charge is 0.309 e. The van der Waals surface area contributed by atoms with Crippen LogP contribution in [0.1, 0.15) is 0 Å². The summed E-state index contributed by atoms with van der Waals surface area (Å²) in [4.78, 5) is 10.5. The van der Waals surface area contributed by atoms with Crippen LogP contribution in [0.2, 0.25) is 0 Å². The van der Waals surface area contributed by atoms with Crippen LogP contribution >= 0.6 is 0 Å². The number of hydrogen-bond donors (Lipinski definition) is 0. The Hall–Kier alpha value is -10.3. The van der Waals surface area contributed by atoms with Crippen LogP contribution in [0.15, 0.2) is 267 Å². The lowest BCUT2D eigenvalue weighted by atomic mass is 10.1. The highest BCUT2D eigenvalue weighted by molar-refractivity contribution is 6.14. The second kappa shape index (κ2) is 16.6. The van der Waals surface area contributed by atoms with E-state index in [-0.39, 0.29) is 0 Å². The first-order valence-electron chi connectivity index (χ1n) is 25.9. The molecule has 5 aromatic heterocycles. The van der Waals surface area contributed by atoms with E-state index >= 15 is 0 Å². The normalized spacial score (nSPS) is 11.9. The van der Waals surface area contributed by atoms with Crippen molar-refractivity contribution in [1.29, 1.82) is 0 Å². The molecule has 0 unspecified atom stereocenters. The van der Waals surface area contributed by atoms with Gasteiger partial charge in [-0.3, -0.25) is 0 Å². The monoisotopic (exact) mass is 968 g/mol. The second-order valence-corrected chi connectivity index (χ2v) is 19.8. The van der Waals surface area contributed by atoms with Crippen LogP contribution < -0.4 is 0 Å². The predicted octanol–water partition coefficient (Wildman–Crippen LogP) is 17.9. The standard InChI is InChI=1S/C70H44N6/c1-2-16-47(17-3-1)70-71-60(45-30-34-48(35-31-45)73-66-28-14-8-22-56(66)58-42-50(38-40-68(58)73)75-62-24-10-4-18-52(62)53-19-5-11-25-63(53)75)44-61(72-70)46-32-36-49(37-33-46)74-67-29-15-9-23-57(67)59-43-51(39-41-69(59)74)76-64-26-12-6-20-54(64)55-21-7-13-27-65(55)76/h1-44H. The molecule has 0 aliphatic rings. The first-order valence-corrected chi connectivity index (χ1v) is 25.9. The van der Waals surface area contributed by atoms with E-state index in [1.54, 1.807) is 0 Å². The van der Waals surface area contributed by atoms with Crippen LogP contribution in [0.3, 0.4) is 0 Å². The molecule has 6 nitrogen and oxygen atoms in total. The molecule has 0 radical (unpaired) electrons. The third-order valence-corrected chi connectivity index (χ3v) is 15.6. The van der Waals surface area contributed by atoms with Crippen molar-refractivity contribution in [3.63, 3.8) is 0 Å². The van der Waals surface area contributed by atoms with E-state index in [0.29, 0.717) is 5.82 Å². The maximum Gasteiger partial charge on any atom is 0.160 e. The van der Waals surface area contributed by atoms with Crippen LogP contribution in [0.4, 0.5) is 0 Å². The highest BCUT2D eigenvalue weighted by atomic mass is 15.0. The van der Waals surface area contributed by atoms with Crippen LogP contribution in [0, 0.1) is 0 Å². The van der Waals surface area contributed by atoms with Crippen LogP contribution in [-0.2, 0) is 0 Å². The molecule has 0 fully saturated rings. The Bertz CT molecular complexity index is 4580. The fraction of sp³-hybridized carbons (Fsp3) is 0. The average molecular weight is 969 g/mol. The topological polar surface area (TPSA) is 45.5 Å². The molecule has 0 atom stereocenters. The molecule has 0 aliphatic carbocycles. The van der Waals surface area contributed by atoms with Crippen molar-refractivity contribution in [2.45, 2.75) is 0 Å². The number of hydrogen-bond acceptors (Lipinski definition) is 2.